The molecule has 0 spiro atoms. The van der Waals surface area contributed by atoms with Gasteiger partial charge in [0, 0.05) is 57.0 Å². The maximum Gasteiger partial charge on any atom is 0.317 e. The first-order valence-corrected chi connectivity index (χ1v) is 9.91. The third kappa shape index (κ3) is 4.23. The number of pyridine rings is 1. The summed E-state index contributed by atoms with van der Waals surface area (Å²) >= 11 is 0. The summed E-state index contributed by atoms with van der Waals surface area (Å²) in [7, 11) is 0. The number of aryl methyl sites for hydroxylation is 1. The summed E-state index contributed by atoms with van der Waals surface area (Å²) in [4.78, 5) is 21.2. The SMILES string of the molecule is Cc1cccc(N2CCN(C(=O)NCc3ccnc(-n4cccn4)c3)CC2)c1C. The van der Waals surface area contributed by atoms with Crippen molar-refractivity contribution in [3.63, 3.8) is 0 Å². The summed E-state index contributed by atoms with van der Waals surface area (Å²) in [5.74, 6) is 0.740. The third-order valence-corrected chi connectivity index (χ3v) is 5.48. The molecule has 3 heterocycles. The number of amides is 2. The van der Waals surface area contributed by atoms with Crippen LogP contribution in [0, 0.1) is 13.8 Å². The highest BCUT2D eigenvalue weighted by atomic mass is 16.2. The van der Waals surface area contributed by atoms with E-state index >= 15 is 0 Å². The smallest absolute Gasteiger partial charge is 0.317 e. The average Bonchev–Trinajstić information content (AvgIpc) is 3.29. The average molecular weight is 390 g/mol. The van der Waals surface area contributed by atoms with Crippen molar-refractivity contribution in [2.75, 3.05) is 31.1 Å². The zero-order valence-corrected chi connectivity index (χ0v) is 16.9. The van der Waals surface area contributed by atoms with Gasteiger partial charge in [0.25, 0.3) is 0 Å². The van der Waals surface area contributed by atoms with Crippen molar-refractivity contribution in [1.29, 1.82) is 0 Å². The van der Waals surface area contributed by atoms with Crippen molar-refractivity contribution in [3.05, 3.63) is 71.7 Å². The van der Waals surface area contributed by atoms with Crippen LogP contribution in [0.1, 0.15) is 16.7 Å². The van der Waals surface area contributed by atoms with Crippen molar-refractivity contribution in [2.45, 2.75) is 20.4 Å². The van der Waals surface area contributed by atoms with Crippen LogP contribution < -0.4 is 10.2 Å². The second-order valence-electron chi connectivity index (χ2n) is 7.32. The van der Waals surface area contributed by atoms with Crippen molar-refractivity contribution in [3.8, 4) is 5.82 Å². The van der Waals surface area contributed by atoms with Gasteiger partial charge in [0.05, 0.1) is 0 Å². The quantitative estimate of drug-likeness (QED) is 0.744. The minimum Gasteiger partial charge on any atom is -0.368 e. The third-order valence-electron chi connectivity index (χ3n) is 5.48. The molecule has 0 bridgehead atoms. The lowest BCUT2D eigenvalue weighted by atomic mass is 10.1. The number of aromatic nitrogens is 3. The number of hydrogen-bond donors (Lipinski definition) is 1. The molecule has 0 aliphatic carbocycles. The van der Waals surface area contributed by atoms with Crippen molar-refractivity contribution in [1.82, 2.24) is 25.0 Å². The van der Waals surface area contributed by atoms with Gasteiger partial charge in [0.15, 0.2) is 5.82 Å². The number of nitrogens with one attached hydrogen (secondary N) is 1. The Morgan fingerprint density at radius 2 is 1.90 bits per heavy atom. The maximum absolute atomic E-state index is 12.6. The number of benzene rings is 1. The topological polar surface area (TPSA) is 66.3 Å². The lowest BCUT2D eigenvalue weighted by molar-refractivity contribution is 0.194. The van der Waals surface area contributed by atoms with Gasteiger partial charge in [0.2, 0.25) is 0 Å². The Hall–Kier alpha value is -3.35. The van der Waals surface area contributed by atoms with Crippen molar-refractivity contribution in [2.24, 2.45) is 0 Å². The Morgan fingerprint density at radius 3 is 2.66 bits per heavy atom. The first-order chi connectivity index (χ1) is 14.1. The molecule has 2 aromatic heterocycles. The molecular formula is C22H26N6O. The van der Waals surface area contributed by atoms with Gasteiger partial charge in [-0.3, -0.25) is 0 Å². The molecule has 1 aliphatic rings. The summed E-state index contributed by atoms with van der Waals surface area (Å²) in [6, 6.07) is 12.1. The summed E-state index contributed by atoms with van der Waals surface area (Å²) in [6.07, 6.45) is 5.30. The fraction of sp³-hybridized carbons (Fsp3) is 0.318. The predicted molar refractivity (Wildman–Crippen MR) is 113 cm³/mol. The van der Waals surface area contributed by atoms with E-state index in [1.165, 1.54) is 16.8 Å². The number of carbonyl (C=O) groups excluding carboxylic acids is 1. The highest BCUT2D eigenvalue weighted by molar-refractivity contribution is 5.74. The molecule has 1 saturated heterocycles. The van der Waals surface area contributed by atoms with Crippen LogP contribution in [0.2, 0.25) is 0 Å². The number of carbonyl (C=O) groups is 1. The fourth-order valence-electron chi connectivity index (χ4n) is 3.62. The molecular weight excluding hydrogens is 364 g/mol. The largest absolute Gasteiger partial charge is 0.368 e. The van der Waals surface area contributed by atoms with E-state index in [0.717, 1.165) is 24.5 Å². The van der Waals surface area contributed by atoms with Crippen LogP contribution >= 0.6 is 0 Å². The molecule has 3 aromatic rings. The Morgan fingerprint density at radius 1 is 1.07 bits per heavy atom. The van der Waals surface area contributed by atoms with Crippen LogP contribution in [0.3, 0.4) is 0 Å². The van der Waals surface area contributed by atoms with Gasteiger partial charge < -0.3 is 15.1 Å². The highest BCUT2D eigenvalue weighted by Gasteiger charge is 2.22. The first-order valence-electron chi connectivity index (χ1n) is 9.91. The minimum absolute atomic E-state index is 0.0249. The van der Waals surface area contributed by atoms with Crippen LogP contribution in [0.25, 0.3) is 5.82 Å². The number of piperazine rings is 1. The molecule has 1 fully saturated rings. The predicted octanol–water partition coefficient (Wildman–Crippen LogP) is 2.92. The van der Waals surface area contributed by atoms with Crippen LogP contribution in [-0.4, -0.2) is 51.9 Å². The zero-order chi connectivity index (χ0) is 20.2. The number of nitrogens with zero attached hydrogens (tertiary/aromatic N) is 5. The van der Waals surface area contributed by atoms with E-state index in [1.807, 2.05) is 29.3 Å². The second kappa shape index (κ2) is 8.34. The van der Waals surface area contributed by atoms with Gasteiger partial charge in [0.1, 0.15) is 0 Å². The highest BCUT2D eigenvalue weighted by Crippen LogP contribution is 2.23. The molecule has 7 heteroatoms. The molecule has 1 aromatic carbocycles. The molecule has 29 heavy (non-hydrogen) atoms. The molecule has 0 atom stereocenters. The number of rotatable bonds is 4. The summed E-state index contributed by atoms with van der Waals surface area (Å²) in [5.41, 5.74) is 4.88. The summed E-state index contributed by atoms with van der Waals surface area (Å²) in [6.45, 7) is 7.89. The molecule has 0 radical (unpaired) electrons. The lowest BCUT2D eigenvalue weighted by Gasteiger charge is -2.37. The van der Waals surface area contributed by atoms with Gasteiger partial charge in [-0.2, -0.15) is 5.10 Å². The van der Waals surface area contributed by atoms with E-state index in [9.17, 15) is 4.79 Å². The summed E-state index contributed by atoms with van der Waals surface area (Å²) in [5, 5.41) is 7.22. The lowest BCUT2D eigenvalue weighted by Crippen LogP contribution is -2.51. The van der Waals surface area contributed by atoms with Gasteiger partial charge >= 0.3 is 6.03 Å². The van der Waals surface area contributed by atoms with E-state index in [0.29, 0.717) is 19.6 Å². The number of urea groups is 1. The van der Waals surface area contributed by atoms with Gasteiger partial charge in [-0.15, -0.1) is 0 Å². The Balaban J connectivity index is 1.31. The monoisotopic (exact) mass is 390 g/mol. The van der Waals surface area contributed by atoms with Crippen LogP contribution in [0.4, 0.5) is 10.5 Å². The van der Waals surface area contributed by atoms with E-state index < -0.39 is 0 Å². The van der Waals surface area contributed by atoms with Gasteiger partial charge in [-0.1, -0.05) is 12.1 Å². The molecule has 7 nitrogen and oxygen atoms in total. The molecule has 4 rings (SSSR count). The van der Waals surface area contributed by atoms with E-state index in [2.05, 4.69) is 52.3 Å². The fourth-order valence-corrected chi connectivity index (χ4v) is 3.62. The van der Waals surface area contributed by atoms with E-state index in [-0.39, 0.29) is 6.03 Å². The van der Waals surface area contributed by atoms with Crippen LogP contribution in [0.15, 0.2) is 55.0 Å². The zero-order valence-electron chi connectivity index (χ0n) is 16.9. The molecule has 2 amide bonds. The Kier molecular flexibility index (Phi) is 5.46. The Bertz CT molecular complexity index is 977. The van der Waals surface area contributed by atoms with Crippen LogP contribution in [-0.2, 0) is 6.54 Å². The normalized spacial score (nSPS) is 14.1. The first kappa shape index (κ1) is 19.0. The maximum atomic E-state index is 12.6. The van der Waals surface area contributed by atoms with Crippen LogP contribution in [0.5, 0.6) is 0 Å². The van der Waals surface area contributed by atoms with Crippen molar-refractivity contribution >= 4 is 11.7 Å². The number of anilines is 1. The van der Waals surface area contributed by atoms with Gasteiger partial charge in [-0.05, 0) is 54.8 Å². The van der Waals surface area contributed by atoms with Crippen molar-refractivity contribution < 1.29 is 4.79 Å². The standard InChI is InChI=1S/C22H26N6O/c1-17-5-3-6-20(18(17)2)26-11-13-27(14-12-26)22(29)24-16-19-7-9-23-21(15-19)28-10-4-8-25-28/h3-10,15H,11-14,16H2,1-2H3,(H,24,29). The van der Waals surface area contributed by atoms with Gasteiger partial charge in [-0.25, -0.2) is 14.5 Å². The Labute approximate surface area is 171 Å². The minimum atomic E-state index is -0.0249. The molecule has 1 N–H and O–H groups in total. The molecule has 0 saturated carbocycles. The molecule has 0 unspecified atom stereocenters. The van der Waals surface area contributed by atoms with E-state index in [4.69, 9.17) is 0 Å². The molecule has 150 valence electrons. The second-order valence-corrected chi connectivity index (χ2v) is 7.32. The number of hydrogen-bond acceptors (Lipinski definition) is 4. The molecule has 1 aliphatic heterocycles. The van der Waals surface area contributed by atoms with E-state index in [1.54, 1.807) is 17.1 Å². The summed E-state index contributed by atoms with van der Waals surface area (Å²) < 4.78 is 1.71.